The van der Waals surface area contributed by atoms with Gasteiger partial charge in [0, 0.05) is 43.8 Å². The summed E-state index contributed by atoms with van der Waals surface area (Å²) < 4.78 is 37.2. The molecule has 0 spiro atoms. The van der Waals surface area contributed by atoms with Gasteiger partial charge in [-0.05, 0) is 56.0 Å². The van der Waals surface area contributed by atoms with E-state index in [1.165, 1.54) is 13.3 Å². The van der Waals surface area contributed by atoms with Gasteiger partial charge in [0.05, 0.1) is 0 Å². The lowest BCUT2D eigenvalue weighted by Gasteiger charge is -2.31. The Morgan fingerprint density at radius 3 is 2.74 bits per heavy atom. The van der Waals surface area contributed by atoms with Crippen molar-refractivity contribution < 1.29 is 23.1 Å². The van der Waals surface area contributed by atoms with Gasteiger partial charge in [0.2, 0.25) is 5.88 Å². The Labute approximate surface area is 200 Å². The molecule has 2 aliphatic rings. The number of fused-ring (bicyclic) bond motifs is 2. The number of hydrogen-bond donors (Lipinski definition) is 3. The highest BCUT2D eigenvalue weighted by Gasteiger charge is 2.40. The quantitative estimate of drug-likeness (QED) is 0.461. The van der Waals surface area contributed by atoms with Crippen LogP contribution in [-0.2, 0) is 6.61 Å². The minimum absolute atomic E-state index is 0.0309. The number of halogens is 2. The molecule has 3 amide bonds. The monoisotopic (exact) mass is 494 g/mol. The van der Waals surface area contributed by atoms with Crippen LogP contribution in [-0.4, -0.2) is 71.4 Å². The molecule has 3 heterocycles. The van der Waals surface area contributed by atoms with Crippen molar-refractivity contribution in [3.05, 3.63) is 40.5 Å². The zero-order valence-corrected chi connectivity index (χ0v) is 19.9. The third kappa shape index (κ3) is 5.29. The van der Waals surface area contributed by atoms with Gasteiger partial charge in [0.25, 0.3) is 5.91 Å². The first-order valence-corrected chi connectivity index (χ1v) is 11.9. The predicted molar refractivity (Wildman–Crippen MR) is 124 cm³/mol. The Morgan fingerprint density at radius 2 is 2.06 bits per heavy atom. The Morgan fingerprint density at radius 1 is 1.26 bits per heavy atom. The third-order valence-corrected chi connectivity index (χ3v) is 7.11. The van der Waals surface area contributed by atoms with E-state index in [4.69, 9.17) is 10.5 Å². The fourth-order valence-corrected chi connectivity index (χ4v) is 5.21. The molecule has 9 nitrogen and oxygen atoms in total. The molecule has 4 N–H and O–H groups in total. The molecule has 34 heavy (non-hydrogen) atoms. The highest BCUT2D eigenvalue weighted by molar-refractivity contribution is 7.11. The number of aromatic nitrogens is 1. The standard InChI is InChI=1S/C22H28F2N6O3S/c1-12-6-17(24)13(7-16(12)23)11-33-20-18(19(25)31)21(34-28-20)27-22(32)26-4-3-5-30-10-14-8-15(30)9-29(14)2/h6-7,14-15H,3-5,8-11H2,1-2H3,(H2,25,31)(H2,26,27,32). The van der Waals surface area contributed by atoms with Crippen LogP contribution in [0, 0.1) is 18.6 Å². The van der Waals surface area contributed by atoms with E-state index in [0.29, 0.717) is 18.6 Å². The molecule has 2 atom stereocenters. The lowest BCUT2D eigenvalue weighted by atomic mass is 10.1. The molecule has 184 valence electrons. The minimum Gasteiger partial charge on any atom is -0.471 e. The van der Waals surface area contributed by atoms with Crippen molar-refractivity contribution in [2.45, 2.75) is 38.5 Å². The van der Waals surface area contributed by atoms with E-state index >= 15 is 0 Å². The number of likely N-dealkylation sites (tertiary alicyclic amines) is 2. The number of rotatable bonds is 9. The summed E-state index contributed by atoms with van der Waals surface area (Å²) >= 11 is 0.817. The normalized spacial score (nSPS) is 20.0. The van der Waals surface area contributed by atoms with E-state index in [1.54, 1.807) is 0 Å². The van der Waals surface area contributed by atoms with Crippen molar-refractivity contribution in [3.8, 4) is 5.88 Å². The summed E-state index contributed by atoms with van der Waals surface area (Å²) in [6, 6.07) is 2.83. The summed E-state index contributed by atoms with van der Waals surface area (Å²) in [6.07, 6.45) is 2.01. The molecule has 2 fully saturated rings. The van der Waals surface area contributed by atoms with Crippen LogP contribution in [0.4, 0.5) is 18.6 Å². The SMILES string of the molecule is Cc1cc(F)c(COc2nsc(NC(=O)NCCCN3CC4CC3CN4C)c2C(N)=O)cc1F. The molecule has 2 unspecified atom stereocenters. The van der Waals surface area contributed by atoms with Gasteiger partial charge in [-0.15, -0.1) is 0 Å². The summed E-state index contributed by atoms with van der Waals surface area (Å²) in [5, 5.41) is 5.46. The van der Waals surface area contributed by atoms with E-state index in [-0.39, 0.29) is 34.2 Å². The minimum atomic E-state index is -0.858. The van der Waals surface area contributed by atoms with Crippen LogP contribution in [0.2, 0.25) is 0 Å². The Hall–Kier alpha value is -2.83. The van der Waals surface area contributed by atoms with Crippen LogP contribution in [0.5, 0.6) is 5.88 Å². The number of ether oxygens (including phenoxy) is 1. The second kappa shape index (κ2) is 10.2. The van der Waals surface area contributed by atoms with Gasteiger partial charge in [0.15, 0.2) is 0 Å². The van der Waals surface area contributed by atoms with E-state index in [0.717, 1.165) is 49.7 Å². The van der Waals surface area contributed by atoms with Crippen molar-refractivity contribution in [1.82, 2.24) is 19.5 Å². The molecule has 4 rings (SSSR count). The molecule has 2 aliphatic heterocycles. The Balaban J connectivity index is 1.28. The fraction of sp³-hybridized carbons (Fsp3) is 0.500. The largest absolute Gasteiger partial charge is 0.471 e. The number of nitrogens with two attached hydrogens (primary N) is 1. The average molecular weight is 495 g/mol. The summed E-state index contributed by atoms with van der Waals surface area (Å²) in [5.41, 5.74) is 5.46. The first-order valence-electron chi connectivity index (χ1n) is 11.1. The summed E-state index contributed by atoms with van der Waals surface area (Å²) in [5.74, 6) is -2.22. The van der Waals surface area contributed by atoms with Gasteiger partial charge in [0.1, 0.15) is 28.8 Å². The molecule has 2 bridgehead atoms. The number of anilines is 1. The molecule has 12 heteroatoms. The van der Waals surface area contributed by atoms with E-state index in [2.05, 4.69) is 31.9 Å². The zero-order valence-electron chi connectivity index (χ0n) is 19.1. The second-order valence-corrected chi connectivity index (χ2v) is 9.52. The Kier molecular flexibility index (Phi) is 7.29. The summed E-state index contributed by atoms with van der Waals surface area (Å²) in [7, 11) is 2.16. The van der Waals surface area contributed by atoms with Crippen molar-refractivity contribution in [2.24, 2.45) is 5.73 Å². The van der Waals surface area contributed by atoms with Crippen LogP contribution in [0.3, 0.4) is 0 Å². The fourth-order valence-electron chi connectivity index (χ4n) is 4.47. The second-order valence-electron chi connectivity index (χ2n) is 8.75. The van der Waals surface area contributed by atoms with Crippen LogP contribution in [0.15, 0.2) is 12.1 Å². The number of amides is 3. The zero-order chi connectivity index (χ0) is 24.4. The number of nitrogens with one attached hydrogen (secondary N) is 2. The highest BCUT2D eigenvalue weighted by Crippen LogP contribution is 2.31. The van der Waals surface area contributed by atoms with Crippen LogP contribution in [0.25, 0.3) is 0 Å². The Bertz CT molecular complexity index is 1080. The number of aryl methyl sites for hydroxylation is 1. The number of likely N-dealkylation sites (N-methyl/N-ethyl adjacent to an activating group) is 1. The number of nitrogens with zero attached hydrogens (tertiary/aromatic N) is 3. The first-order chi connectivity index (χ1) is 16.2. The van der Waals surface area contributed by atoms with Crippen LogP contribution >= 0.6 is 11.5 Å². The van der Waals surface area contributed by atoms with Gasteiger partial charge in [-0.1, -0.05) is 0 Å². The first kappa shape index (κ1) is 24.3. The van der Waals surface area contributed by atoms with Gasteiger partial charge in [-0.25, -0.2) is 13.6 Å². The van der Waals surface area contributed by atoms with Gasteiger partial charge in [-0.3, -0.25) is 15.0 Å². The molecule has 0 radical (unpaired) electrons. The molecule has 0 aliphatic carbocycles. The summed E-state index contributed by atoms with van der Waals surface area (Å²) in [6.45, 7) is 4.64. The van der Waals surface area contributed by atoms with E-state index in [9.17, 15) is 18.4 Å². The number of piperazine rings is 1. The topological polar surface area (TPSA) is 113 Å². The summed E-state index contributed by atoms with van der Waals surface area (Å²) in [4.78, 5) is 29.1. The van der Waals surface area contributed by atoms with E-state index < -0.39 is 23.6 Å². The number of benzene rings is 1. The van der Waals surface area contributed by atoms with Crippen molar-refractivity contribution >= 4 is 28.5 Å². The molecule has 1 aromatic heterocycles. The van der Waals surface area contributed by atoms with Gasteiger partial charge in [-0.2, -0.15) is 4.37 Å². The molecular formula is C22H28F2N6O3S. The van der Waals surface area contributed by atoms with Crippen molar-refractivity contribution in [1.29, 1.82) is 0 Å². The van der Waals surface area contributed by atoms with Crippen LogP contribution < -0.4 is 21.1 Å². The molecule has 1 aromatic carbocycles. The maximum atomic E-state index is 14.1. The molecule has 2 aromatic rings. The van der Waals surface area contributed by atoms with E-state index in [1.807, 2.05) is 0 Å². The number of primary amides is 1. The average Bonchev–Trinajstić information content (AvgIpc) is 3.46. The molecule has 0 saturated carbocycles. The van der Waals surface area contributed by atoms with Crippen molar-refractivity contribution in [2.75, 3.05) is 38.5 Å². The number of carbonyl (C=O) groups is 2. The number of hydrogen-bond acceptors (Lipinski definition) is 7. The van der Waals surface area contributed by atoms with Crippen molar-refractivity contribution in [3.63, 3.8) is 0 Å². The van der Waals surface area contributed by atoms with Crippen LogP contribution in [0.1, 0.15) is 34.3 Å². The predicted octanol–water partition coefficient (Wildman–Crippen LogP) is 2.31. The molecule has 2 saturated heterocycles. The lowest BCUT2D eigenvalue weighted by molar-refractivity contribution is 0.0996. The highest BCUT2D eigenvalue weighted by atomic mass is 32.1. The number of carbonyl (C=O) groups excluding carboxylic acids is 2. The molecular weight excluding hydrogens is 466 g/mol. The van der Waals surface area contributed by atoms with Gasteiger partial charge >= 0.3 is 6.03 Å². The lowest BCUT2D eigenvalue weighted by Crippen LogP contribution is -2.45. The smallest absolute Gasteiger partial charge is 0.319 e. The maximum Gasteiger partial charge on any atom is 0.319 e. The number of urea groups is 1. The van der Waals surface area contributed by atoms with Gasteiger partial charge < -0.3 is 20.7 Å². The third-order valence-electron chi connectivity index (χ3n) is 6.36. The maximum absolute atomic E-state index is 14.1.